The zero-order chi connectivity index (χ0) is 33.4. The third-order valence-electron chi connectivity index (χ3n) is 5.68. The molecule has 0 aliphatic rings. The summed E-state index contributed by atoms with van der Waals surface area (Å²) in [6.45, 7) is 1.84. The first-order chi connectivity index (χ1) is 21.1. The lowest BCUT2D eigenvalue weighted by Gasteiger charge is -2.16. The second-order valence-corrected chi connectivity index (χ2v) is 10.8. The molecule has 4 aromatic rings. The minimum absolute atomic E-state index is 0.0464. The van der Waals surface area contributed by atoms with E-state index in [4.69, 9.17) is 25.6 Å². The number of nitrogens with zero attached hydrogens (tertiary/aromatic N) is 1. The first-order valence-corrected chi connectivity index (χ1v) is 14.5. The molecule has 0 fully saturated rings. The van der Waals surface area contributed by atoms with E-state index in [0.717, 1.165) is 11.6 Å². The fourth-order valence-electron chi connectivity index (χ4n) is 3.53. The van der Waals surface area contributed by atoms with Gasteiger partial charge in [0.25, 0.3) is 16.0 Å². The van der Waals surface area contributed by atoms with Crippen LogP contribution in [0.1, 0.15) is 21.6 Å². The van der Waals surface area contributed by atoms with Crippen molar-refractivity contribution in [3.05, 3.63) is 101 Å². The summed E-state index contributed by atoms with van der Waals surface area (Å²) in [7, 11) is -1.31. The maximum Gasteiger partial charge on any atom is 0.417 e. The van der Waals surface area contributed by atoms with Crippen LogP contribution >= 0.6 is 11.6 Å². The number of alkyl halides is 3. The monoisotopic (exact) mass is 666 g/mol. The van der Waals surface area contributed by atoms with Crippen molar-refractivity contribution < 1.29 is 45.2 Å². The van der Waals surface area contributed by atoms with Gasteiger partial charge >= 0.3 is 12.2 Å². The lowest BCUT2D eigenvalue weighted by atomic mass is 10.1. The number of hydrogen-bond acceptors (Lipinski definition) is 7. The molecule has 0 aliphatic heterocycles. The Labute approximate surface area is 261 Å². The van der Waals surface area contributed by atoms with Gasteiger partial charge in [0.05, 0.1) is 28.3 Å². The first-order valence-electron chi connectivity index (χ1n) is 12.6. The summed E-state index contributed by atoms with van der Waals surface area (Å²) >= 11 is 5.68. The summed E-state index contributed by atoms with van der Waals surface area (Å²) in [6, 6.07) is 16.1. The lowest BCUT2D eigenvalue weighted by molar-refractivity contribution is -0.137. The molecule has 0 bridgehead atoms. The van der Waals surface area contributed by atoms with Crippen LogP contribution in [-0.2, 0) is 16.3 Å². The number of aryl methyl sites for hydroxylation is 1. The maximum atomic E-state index is 13.2. The largest absolute Gasteiger partial charge is 0.495 e. The predicted octanol–water partition coefficient (Wildman–Crippen LogP) is 6.80. The predicted molar refractivity (Wildman–Crippen MR) is 161 cm³/mol. The van der Waals surface area contributed by atoms with Crippen molar-refractivity contribution >= 4 is 45.0 Å². The number of carbonyl (C=O) groups is 2. The molecule has 0 atom stereocenters. The number of amides is 3. The molecule has 0 saturated heterocycles. The molecular weight excluding hydrogens is 641 g/mol. The highest BCUT2D eigenvalue weighted by Crippen LogP contribution is 2.40. The maximum absolute atomic E-state index is 13.2. The van der Waals surface area contributed by atoms with E-state index in [-0.39, 0.29) is 27.9 Å². The SMILES string of the molecule is CNC(=O)c1cc(Oc2cccc(NC(=O)Nc3cc(C(F)(F)F)c(Cl)cc3OC)c2)ccn1.Cc1ccc(S(=O)(=O)O)cc1. The highest BCUT2D eigenvalue weighted by molar-refractivity contribution is 7.85. The number of hydrogen-bond donors (Lipinski definition) is 4. The van der Waals surface area contributed by atoms with Crippen LogP contribution in [0.2, 0.25) is 5.02 Å². The number of halogens is 4. The van der Waals surface area contributed by atoms with Crippen molar-refractivity contribution in [1.29, 1.82) is 0 Å². The van der Waals surface area contributed by atoms with Crippen LogP contribution in [0.25, 0.3) is 0 Å². The smallest absolute Gasteiger partial charge is 0.417 e. The number of nitrogens with one attached hydrogen (secondary N) is 3. The quantitative estimate of drug-likeness (QED) is 0.157. The van der Waals surface area contributed by atoms with E-state index in [2.05, 4.69) is 20.9 Å². The molecule has 4 rings (SSSR count). The highest BCUT2D eigenvalue weighted by Gasteiger charge is 2.34. The number of methoxy groups -OCH3 is 1. The lowest BCUT2D eigenvalue weighted by Crippen LogP contribution is -2.20. The van der Waals surface area contributed by atoms with E-state index >= 15 is 0 Å². The minimum atomic E-state index is -4.72. The highest BCUT2D eigenvalue weighted by atomic mass is 35.5. The molecule has 3 aromatic carbocycles. The molecule has 4 N–H and O–H groups in total. The van der Waals surface area contributed by atoms with Gasteiger partial charge < -0.3 is 25.4 Å². The Morgan fingerprint density at radius 2 is 1.62 bits per heavy atom. The molecule has 1 aromatic heterocycles. The van der Waals surface area contributed by atoms with Gasteiger partial charge in [0.2, 0.25) is 0 Å². The average Bonchev–Trinajstić information content (AvgIpc) is 2.97. The zero-order valence-electron chi connectivity index (χ0n) is 23.8. The number of rotatable bonds is 7. The molecule has 0 aliphatic carbocycles. The number of carbonyl (C=O) groups excluding carboxylic acids is 2. The second kappa shape index (κ2) is 14.7. The van der Waals surface area contributed by atoms with E-state index in [1.807, 2.05) is 6.92 Å². The van der Waals surface area contributed by atoms with Crippen LogP contribution in [-0.4, -0.2) is 44.1 Å². The molecule has 45 heavy (non-hydrogen) atoms. The Bertz CT molecular complexity index is 1790. The number of anilines is 2. The normalized spacial score (nSPS) is 11.0. The van der Waals surface area contributed by atoms with Gasteiger partial charge in [-0.1, -0.05) is 35.4 Å². The summed E-state index contributed by atoms with van der Waals surface area (Å²) in [5.41, 5.74) is 0.0672. The van der Waals surface area contributed by atoms with Crippen molar-refractivity contribution in [2.24, 2.45) is 0 Å². The number of aromatic nitrogens is 1. The number of ether oxygens (including phenoxy) is 2. The van der Waals surface area contributed by atoms with Crippen molar-refractivity contribution in [2.75, 3.05) is 24.8 Å². The van der Waals surface area contributed by atoms with Gasteiger partial charge in [-0.15, -0.1) is 0 Å². The average molecular weight is 667 g/mol. The van der Waals surface area contributed by atoms with Crippen LogP contribution in [0, 0.1) is 6.92 Å². The molecule has 0 saturated carbocycles. The Hall–Kier alpha value is -4.86. The fourth-order valence-corrected chi connectivity index (χ4v) is 4.27. The molecule has 238 valence electrons. The van der Waals surface area contributed by atoms with Gasteiger partial charge in [0.1, 0.15) is 22.9 Å². The fraction of sp³-hybridized carbons (Fsp3) is 0.138. The van der Waals surface area contributed by atoms with Gasteiger partial charge in [0, 0.05) is 37.1 Å². The number of pyridine rings is 1. The Balaban J connectivity index is 0.000000423. The number of urea groups is 1. The Morgan fingerprint density at radius 3 is 2.22 bits per heavy atom. The summed E-state index contributed by atoms with van der Waals surface area (Å²) < 4.78 is 79.8. The first kappa shape index (κ1) is 34.6. The molecule has 0 radical (unpaired) electrons. The molecule has 0 spiro atoms. The van der Waals surface area contributed by atoms with E-state index in [1.165, 1.54) is 44.6 Å². The third-order valence-corrected chi connectivity index (χ3v) is 6.86. The van der Waals surface area contributed by atoms with Gasteiger partial charge in [-0.2, -0.15) is 21.6 Å². The van der Waals surface area contributed by atoms with E-state index in [9.17, 15) is 31.2 Å². The topological polar surface area (TPSA) is 156 Å². The summed E-state index contributed by atoms with van der Waals surface area (Å²) in [5.74, 6) is 0.231. The van der Waals surface area contributed by atoms with Crippen molar-refractivity contribution in [1.82, 2.24) is 10.3 Å². The molecule has 1 heterocycles. The Kier molecular flexibility index (Phi) is 11.3. The summed E-state index contributed by atoms with van der Waals surface area (Å²) in [6.07, 6.45) is -3.31. The summed E-state index contributed by atoms with van der Waals surface area (Å²) in [5, 5.41) is 6.72. The molecule has 11 nitrogen and oxygen atoms in total. The van der Waals surface area contributed by atoms with Gasteiger partial charge in [-0.05, 0) is 43.3 Å². The zero-order valence-corrected chi connectivity index (χ0v) is 25.3. The van der Waals surface area contributed by atoms with E-state index < -0.39 is 32.9 Å². The second-order valence-electron chi connectivity index (χ2n) is 8.98. The van der Waals surface area contributed by atoms with Crippen molar-refractivity contribution in [3.63, 3.8) is 0 Å². The minimum Gasteiger partial charge on any atom is -0.495 e. The molecule has 0 unspecified atom stereocenters. The van der Waals surface area contributed by atoms with Crippen molar-refractivity contribution in [3.8, 4) is 17.2 Å². The summed E-state index contributed by atoms with van der Waals surface area (Å²) in [4.78, 5) is 28.0. The standard InChI is InChI=1S/C22H18ClF3N4O4.C7H8O3S/c1-27-20(31)18-9-14(6-7-28-18)34-13-5-3-4-12(8-13)29-21(32)30-17-10-15(22(24,25)26)16(23)11-19(17)33-2;1-6-2-4-7(5-3-6)11(8,9)10/h3-11H,1-2H3,(H,27,31)(H2,29,30,32);2-5H,1H3,(H,8,9,10). The number of benzene rings is 3. The van der Waals surface area contributed by atoms with E-state index in [0.29, 0.717) is 23.3 Å². The molecule has 3 amide bonds. The van der Waals surface area contributed by atoms with Crippen LogP contribution < -0.4 is 25.4 Å². The molecule has 16 heteroatoms. The Morgan fingerprint density at radius 1 is 0.956 bits per heavy atom. The van der Waals surface area contributed by atoms with Gasteiger partial charge in [-0.25, -0.2) is 4.79 Å². The van der Waals surface area contributed by atoms with Crippen LogP contribution in [0.3, 0.4) is 0 Å². The van der Waals surface area contributed by atoms with E-state index in [1.54, 1.807) is 36.4 Å². The van der Waals surface area contributed by atoms with Gasteiger partial charge in [0.15, 0.2) is 0 Å². The van der Waals surface area contributed by atoms with Crippen LogP contribution in [0.4, 0.5) is 29.3 Å². The van der Waals surface area contributed by atoms with Gasteiger partial charge in [-0.3, -0.25) is 14.3 Å². The molecular formula is C29H26ClF3N4O7S. The third kappa shape index (κ3) is 10.1. The van der Waals surface area contributed by atoms with Crippen LogP contribution in [0.15, 0.2) is 83.9 Å². The van der Waals surface area contributed by atoms with Crippen LogP contribution in [0.5, 0.6) is 17.2 Å². The van der Waals surface area contributed by atoms with Crippen molar-refractivity contribution in [2.45, 2.75) is 18.0 Å².